The molecule has 1 heterocycles. The number of aromatic nitrogens is 1. The van der Waals surface area contributed by atoms with Gasteiger partial charge in [0.15, 0.2) is 5.69 Å². The van der Waals surface area contributed by atoms with Crippen LogP contribution in [-0.2, 0) is 6.18 Å². The summed E-state index contributed by atoms with van der Waals surface area (Å²) in [4.78, 5) is 3.08. The third-order valence-electron chi connectivity index (χ3n) is 1.46. The highest BCUT2D eigenvalue weighted by atomic mass is 127. The number of hydrogen-bond acceptors (Lipinski definition) is 1. The van der Waals surface area contributed by atoms with E-state index in [0.29, 0.717) is 0 Å². The molecule has 0 aliphatic heterocycles. The van der Waals surface area contributed by atoms with E-state index in [2.05, 4.69) is 4.98 Å². The van der Waals surface area contributed by atoms with Gasteiger partial charge in [-0.25, -0.2) is 13.8 Å². The van der Waals surface area contributed by atoms with Crippen molar-refractivity contribution in [3.8, 4) is 0 Å². The van der Waals surface area contributed by atoms with Gasteiger partial charge in [-0.15, -0.1) is 0 Å². The summed E-state index contributed by atoms with van der Waals surface area (Å²) in [6.07, 6.45) is -7.89. The Hall–Kier alpha value is -0.180. The van der Waals surface area contributed by atoms with Crippen LogP contribution in [0.25, 0.3) is 0 Å². The minimum atomic E-state index is -4.83. The maximum atomic E-state index is 12.3. The van der Waals surface area contributed by atoms with Crippen LogP contribution in [0.5, 0.6) is 0 Å². The molecule has 0 fully saturated rings. The molecule has 0 N–H and O–H groups in total. The molecule has 0 saturated carbocycles. The van der Waals surface area contributed by atoms with E-state index in [9.17, 15) is 22.0 Å². The average Bonchev–Trinajstić information content (AvgIpc) is 2.06. The summed E-state index contributed by atoms with van der Waals surface area (Å²) in [6.45, 7) is 0. The van der Waals surface area contributed by atoms with E-state index in [1.807, 2.05) is 0 Å². The standard InChI is InChI=1S/C7H2ClF5IN/c8-4-2(6(9)10)1-3(14)15-5(4)7(11,12)13/h1,6H. The van der Waals surface area contributed by atoms with Gasteiger partial charge in [-0.1, -0.05) is 11.6 Å². The molecular formula is C7H2ClF5IN. The zero-order chi connectivity index (χ0) is 11.8. The van der Waals surface area contributed by atoms with E-state index in [-0.39, 0.29) is 3.70 Å². The van der Waals surface area contributed by atoms with Gasteiger partial charge in [0.1, 0.15) is 3.70 Å². The molecule has 0 aliphatic carbocycles. The zero-order valence-corrected chi connectivity index (χ0v) is 9.66. The third kappa shape index (κ3) is 2.90. The summed E-state index contributed by atoms with van der Waals surface area (Å²) < 4.78 is 61.2. The Labute approximate surface area is 99.8 Å². The summed E-state index contributed by atoms with van der Waals surface area (Å²) >= 11 is 6.61. The third-order valence-corrected chi connectivity index (χ3v) is 2.41. The molecule has 0 bridgehead atoms. The monoisotopic (exact) mass is 357 g/mol. The molecule has 0 aromatic carbocycles. The Morgan fingerprint density at radius 3 is 2.27 bits per heavy atom. The molecule has 1 aromatic heterocycles. The van der Waals surface area contributed by atoms with Crippen molar-refractivity contribution in [2.24, 2.45) is 0 Å². The fourth-order valence-corrected chi connectivity index (χ4v) is 1.73. The van der Waals surface area contributed by atoms with Crippen LogP contribution in [0.1, 0.15) is 17.7 Å². The Bertz CT molecular complexity index is 378. The largest absolute Gasteiger partial charge is 0.434 e. The number of hydrogen-bond donors (Lipinski definition) is 0. The lowest BCUT2D eigenvalue weighted by Gasteiger charge is -2.11. The maximum absolute atomic E-state index is 12.3. The quantitative estimate of drug-likeness (QED) is 0.415. The second kappa shape index (κ2) is 4.36. The van der Waals surface area contributed by atoms with Gasteiger partial charge in [-0.2, -0.15) is 13.2 Å². The van der Waals surface area contributed by atoms with Gasteiger partial charge in [0.05, 0.1) is 5.02 Å². The molecule has 0 unspecified atom stereocenters. The summed E-state index contributed by atoms with van der Waals surface area (Å²) in [7, 11) is 0. The normalized spacial score (nSPS) is 12.3. The van der Waals surface area contributed by atoms with Gasteiger partial charge >= 0.3 is 6.18 Å². The molecule has 0 atom stereocenters. The Morgan fingerprint density at radius 1 is 1.33 bits per heavy atom. The van der Waals surface area contributed by atoms with Crippen LogP contribution in [0.4, 0.5) is 22.0 Å². The van der Waals surface area contributed by atoms with Crippen LogP contribution in [0.3, 0.4) is 0 Å². The van der Waals surface area contributed by atoms with E-state index in [0.717, 1.165) is 6.07 Å². The smallest absolute Gasteiger partial charge is 0.236 e. The molecular weight excluding hydrogens is 355 g/mol. The Balaban J connectivity index is 3.42. The van der Waals surface area contributed by atoms with Crippen LogP contribution >= 0.6 is 34.2 Å². The van der Waals surface area contributed by atoms with Crippen molar-refractivity contribution in [1.29, 1.82) is 0 Å². The van der Waals surface area contributed by atoms with Crippen LogP contribution in [0.2, 0.25) is 5.02 Å². The number of rotatable bonds is 1. The molecule has 8 heteroatoms. The highest BCUT2D eigenvalue weighted by Crippen LogP contribution is 2.38. The van der Waals surface area contributed by atoms with E-state index in [1.165, 1.54) is 22.6 Å². The molecule has 0 saturated heterocycles. The van der Waals surface area contributed by atoms with Crippen molar-refractivity contribution < 1.29 is 22.0 Å². The molecule has 0 radical (unpaired) electrons. The number of nitrogens with zero attached hydrogens (tertiary/aromatic N) is 1. The predicted octanol–water partition coefficient (Wildman–Crippen LogP) is 4.30. The first-order valence-corrected chi connectivity index (χ1v) is 4.90. The van der Waals surface area contributed by atoms with Crippen molar-refractivity contribution in [2.45, 2.75) is 12.6 Å². The van der Waals surface area contributed by atoms with Crippen molar-refractivity contribution >= 4 is 34.2 Å². The lowest BCUT2D eigenvalue weighted by Crippen LogP contribution is -2.11. The van der Waals surface area contributed by atoms with Crippen molar-refractivity contribution in [3.63, 3.8) is 0 Å². The summed E-state index contributed by atoms with van der Waals surface area (Å²) in [5.41, 5.74) is -2.34. The molecule has 1 aromatic rings. The fraction of sp³-hybridized carbons (Fsp3) is 0.286. The lowest BCUT2D eigenvalue weighted by atomic mass is 10.2. The van der Waals surface area contributed by atoms with Crippen LogP contribution in [0.15, 0.2) is 6.07 Å². The SMILES string of the molecule is FC(F)c1cc(I)nc(C(F)(F)F)c1Cl. The average molecular weight is 357 g/mol. The van der Waals surface area contributed by atoms with Gasteiger partial charge in [-0.3, -0.25) is 0 Å². The van der Waals surface area contributed by atoms with Crippen LogP contribution in [0, 0.1) is 3.70 Å². The number of alkyl halides is 5. The van der Waals surface area contributed by atoms with E-state index in [4.69, 9.17) is 11.6 Å². The lowest BCUT2D eigenvalue weighted by molar-refractivity contribution is -0.141. The molecule has 1 rings (SSSR count). The highest BCUT2D eigenvalue weighted by molar-refractivity contribution is 14.1. The van der Waals surface area contributed by atoms with Crippen molar-refractivity contribution in [3.05, 3.63) is 26.0 Å². The van der Waals surface area contributed by atoms with E-state index in [1.54, 1.807) is 0 Å². The molecule has 15 heavy (non-hydrogen) atoms. The second-order valence-corrected chi connectivity index (χ2v) is 3.98. The van der Waals surface area contributed by atoms with Gasteiger partial charge < -0.3 is 0 Å². The number of pyridine rings is 1. The van der Waals surface area contributed by atoms with E-state index < -0.39 is 28.9 Å². The summed E-state index contributed by atoms with van der Waals surface area (Å²) in [5.74, 6) is 0. The Kier molecular flexibility index (Phi) is 3.75. The van der Waals surface area contributed by atoms with Crippen molar-refractivity contribution in [1.82, 2.24) is 4.98 Å². The Morgan fingerprint density at radius 2 is 1.87 bits per heavy atom. The molecule has 0 spiro atoms. The molecule has 0 aliphatic rings. The van der Waals surface area contributed by atoms with Crippen LogP contribution < -0.4 is 0 Å². The maximum Gasteiger partial charge on any atom is 0.434 e. The predicted molar refractivity (Wildman–Crippen MR) is 51.9 cm³/mol. The topological polar surface area (TPSA) is 12.9 Å². The fourth-order valence-electron chi connectivity index (χ4n) is 0.863. The molecule has 0 amide bonds. The summed E-state index contributed by atoms with van der Waals surface area (Å²) in [5, 5.41) is -1.04. The van der Waals surface area contributed by atoms with Crippen molar-refractivity contribution in [2.75, 3.05) is 0 Å². The summed E-state index contributed by atoms with van der Waals surface area (Å²) in [6, 6.07) is 0.822. The minimum Gasteiger partial charge on any atom is -0.236 e. The second-order valence-electron chi connectivity index (χ2n) is 2.50. The van der Waals surface area contributed by atoms with Crippen LogP contribution in [-0.4, -0.2) is 4.98 Å². The number of halogens is 7. The van der Waals surface area contributed by atoms with Gasteiger partial charge in [0, 0.05) is 5.56 Å². The van der Waals surface area contributed by atoms with Gasteiger partial charge in [-0.05, 0) is 28.7 Å². The first-order chi connectivity index (χ1) is 6.73. The van der Waals surface area contributed by atoms with Gasteiger partial charge in [0.2, 0.25) is 0 Å². The first kappa shape index (κ1) is 12.9. The van der Waals surface area contributed by atoms with Gasteiger partial charge in [0.25, 0.3) is 6.43 Å². The first-order valence-electron chi connectivity index (χ1n) is 3.44. The molecule has 84 valence electrons. The minimum absolute atomic E-state index is 0.181. The van der Waals surface area contributed by atoms with E-state index >= 15 is 0 Å². The molecule has 1 nitrogen and oxygen atoms in total. The highest BCUT2D eigenvalue weighted by Gasteiger charge is 2.37. The zero-order valence-electron chi connectivity index (χ0n) is 6.75.